The Morgan fingerprint density at radius 2 is 2.00 bits per heavy atom. The van der Waals surface area contributed by atoms with E-state index in [-0.39, 0.29) is 11.9 Å². The van der Waals surface area contributed by atoms with Crippen LogP contribution in [-0.4, -0.2) is 43.1 Å². The van der Waals surface area contributed by atoms with Crippen molar-refractivity contribution in [1.29, 1.82) is 0 Å². The Labute approximate surface area is 162 Å². The molecule has 3 aliphatic heterocycles. The van der Waals surface area contributed by atoms with Gasteiger partial charge in [0.15, 0.2) is 0 Å². The number of nitrogens with zero attached hydrogens (tertiary/aromatic N) is 1. The summed E-state index contributed by atoms with van der Waals surface area (Å²) in [5.41, 5.74) is 0. The number of rotatable bonds is 5. The minimum absolute atomic E-state index is 0.0625. The minimum atomic E-state index is 0.0625. The van der Waals surface area contributed by atoms with Crippen molar-refractivity contribution in [2.24, 2.45) is 5.92 Å². The highest BCUT2D eigenvalue weighted by Crippen LogP contribution is 2.38. The van der Waals surface area contributed by atoms with Gasteiger partial charge in [-0.15, -0.1) is 11.3 Å². The molecule has 3 aliphatic rings. The highest BCUT2D eigenvalue weighted by atomic mass is 32.2. The van der Waals surface area contributed by atoms with E-state index in [9.17, 15) is 4.79 Å². The van der Waals surface area contributed by atoms with E-state index in [0.717, 1.165) is 19.7 Å². The van der Waals surface area contributed by atoms with Crippen LogP contribution in [0.3, 0.4) is 0 Å². The maximum Gasteiger partial charge on any atom is 0.261 e. The number of piperidine rings is 3. The predicted octanol–water partition coefficient (Wildman–Crippen LogP) is 4.12. The van der Waals surface area contributed by atoms with Gasteiger partial charge >= 0.3 is 0 Å². The lowest BCUT2D eigenvalue weighted by molar-refractivity contribution is 0.0218. The molecule has 2 atom stereocenters. The van der Waals surface area contributed by atoms with Gasteiger partial charge in [0.2, 0.25) is 0 Å². The molecule has 4 nitrogen and oxygen atoms in total. The van der Waals surface area contributed by atoms with Crippen molar-refractivity contribution < 1.29 is 9.53 Å². The van der Waals surface area contributed by atoms with Crippen LogP contribution in [-0.2, 0) is 0 Å². The van der Waals surface area contributed by atoms with Crippen molar-refractivity contribution in [2.45, 2.75) is 41.0 Å². The van der Waals surface area contributed by atoms with E-state index >= 15 is 0 Å². The highest BCUT2D eigenvalue weighted by Gasteiger charge is 2.40. The van der Waals surface area contributed by atoms with Gasteiger partial charge in [0, 0.05) is 12.1 Å². The molecule has 1 aromatic heterocycles. The number of thiophene rings is 1. The number of fused-ring (bicyclic) bond motifs is 3. The van der Waals surface area contributed by atoms with Gasteiger partial charge in [0.05, 0.1) is 21.1 Å². The van der Waals surface area contributed by atoms with Crippen LogP contribution >= 0.6 is 23.1 Å². The molecule has 0 saturated carbocycles. The number of methoxy groups -OCH3 is 1. The topological polar surface area (TPSA) is 41.6 Å². The Hall–Kier alpha value is -1.50. The summed E-state index contributed by atoms with van der Waals surface area (Å²) in [6, 6.07) is 12.6. The lowest BCUT2D eigenvalue weighted by Gasteiger charge is -2.49. The first-order valence-corrected chi connectivity index (χ1v) is 10.7. The largest absolute Gasteiger partial charge is 0.496 e. The van der Waals surface area contributed by atoms with Crippen LogP contribution < -0.4 is 10.1 Å². The van der Waals surface area contributed by atoms with Crippen LogP contribution in [0.4, 0.5) is 0 Å². The summed E-state index contributed by atoms with van der Waals surface area (Å²) in [4.78, 5) is 17.1. The zero-order valence-corrected chi connectivity index (χ0v) is 16.7. The van der Waals surface area contributed by atoms with Crippen LogP contribution in [0.15, 0.2) is 45.5 Å². The first kappa shape index (κ1) is 17.9. The lowest BCUT2D eigenvalue weighted by Crippen LogP contribution is -2.62. The van der Waals surface area contributed by atoms with E-state index in [2.05, 4.69) is 17.1 Å². The van der Waals surface area contributed by atoms with Crippen molar-refractivity contribution in [3.63, 3.8) is 0 Å². The molecule has 2 bridgehead atoms. The van der Waals surface area contributed by atoms with Crippen LogP contribution in [0.5, 0.6) is 5.75 Å². The summed E-state index contributed by atoms with van der Waals surface area (Å²) in [6.07, 6.45) is 2.41. The molecule has 0 aliphatic carbocycles. The van der Waals surface area contributed by atoms with E-state index in [4.69, 9.17) is 4.74 Å². The Balaban J connectivity index is 1.43. The Kier molecular flexibility index (Phi) is 5.25. The van der Waals surface area contributed by atoms with E-state index in [1.807, 2.05) is 36.4 Å². The lowest BCUT2D eigenvalue weighted by atomic mass is 9.79. The van der Waals surface area contributed by atoms with Gasteiger partial charge in [0.25, 0.3) is 5.91 Å². The van der Waals surface area contributed by atoms with Crippen LogP contribution in [0.1, 0.15) is 29.4 Å². The SMILES string of the molecule is COc1ccccc1Sc1ccc(C(=O)NC2C3CCN(CC3)C2C)s1. The number of hydrogen-bond acceptors (Lipinski definition) is 5. The van der Waals surface area contributed by atoms with E-state index < -0.39 is 0 Å². The quantitative estimate of drug-likeness (QED) is 0.837. The fraction of sp³-hybridized carbons (Fsp3) is 0.450. The molecule has 138 valence electrons. The van der Waals surface area contributed by atoms with Crippen molar-refractivity contribution in [3.05, 3.63) is 41.3 Å². The predicted molar refractivity (Wildman–Crippen MR) is 106 cm³/mol. The molecule has 1 N–H and O–H groups in total. The number of hydrogen-bond donors (Lipinski definition) is 1. The number of carbonyl (C=O) groups excluding carboxylic acids is 1. The molecule has 3 fully saturated rings. The maximum absolute atomic E-state index is 12.8. The number of benzene rings is 1. The number of para-hydroxylation sites is 1. The van der Waals surface area contributed by atoms with Gasteiger partial charge in [0.1, 0.15) is 5.75 Å². The van der Waals surface area contributed by atoms with E-state index in [1.54, 1.807) is 30.2 Å². The molecule has 4 heterocycles. The first-order valence-electron chi connectivity index (χ1n) is 9.11. The zero-order chi connectivity index (χ0) is 18.1. The fourth-order valence-electron chi connectivity index (χ4n) is 4.08. The van der Waals surface area contributed by atoms with Crippen molar-refractivity contribution >= 4 is 29.0 Å². The summed E-state index contributed by atoms with van der Waals surface area (Å²) < 4.78 is 6.51. The van der Waals surface area contributed by atoms with Gasteiger partial charge < -0.3 is 10.1 Å². The number of carbonyl (C=O) groups is 1. The zero-order valence-electron chi connectivity index (χ0n) is 15.1. The van der Waals surface area contributed by atoms with Gasteiger partial charge in [-0.3, -0.25) is 9.69 Å². The third-order valence-electron chi connectivity index (χ3n) is 5.56. The molecule has 1 aromatic carbocycles. The highest BCUT2D eigenvalue weighted by molar-refractivity contribution is 8.01. The maximum atomic E-state index is 12.8. The second kappa shape index (κ2) is 7.62. The van der Waals surface area contributed by atoms with Gasteiger partial charge in [-0.1, -0.05) is 23.9 Å². The molecule has 6 heteroatoms. The normalized spacial score (nSPS) is 27.3. The Morgan fingerprint density at radius 3 is 2.73 bits per heavy atom. The van der Waals surface area contributed by atoms with Crippen molar-refractivity contribution in [2.75, 3.05) is 20.2 Å². The summed E-state index contributed by atoms with van der Waals surface area (Å²) in [5, 5.41) is 3.31. The fourth-order valence-corrected chi connectivity index (χ4v) is 6.17. The molecule has 3 saturated heterocycles. The molecule has 1 amide bonds. The third-order valence-corrected chi connectivity index (χ3v) is 7.83. The van der Waals surface area contributed by atoms with Gasteiger partial charge in [-0.25, -0.2) is 0 Å². The summed E-state index contributed by atoms with van der Waals surface area (Å²) in [5.74, 6) is 1.55. The second-order valence-corrected chi connectivity index (χ2v) is 9.41. The Morgan fingerprint density at radius 1 is 1.23 bits per heavy atom. The molecule has 2 unspecified atom stereocenters. The van der Waals surface area contributed by atoms with Crippen LogP contribution in [0.25, 0.3) is 0 Å². The van der Waals surface area contributed by atoms with Crippen molar-refractivity contribution in [1.82, 2.24) is 10.2 Å². The minimum Gasteiger partial charge on any atom is -0.496 e. The molecule has 5 rings (SSSR count). The number of nitrogens with one attached hydrogen (secondary N) is 1. The van der Waals surface area contributed by atoms with Crippen LogP contribution in [0, 0.1) is 5.92 Å². The summed E-state index contributed by atoms with van der Waals surface area (Å²) >= 11 is 3.19. The molecule has 2 aromatic rings. The van der Waals surface area contributed by atoms with Gasteiger partial charge in [-0.2, -0.15) is 0 Å². The Bertz CT molecular complexity index is 782. The number of amides is 1. The average molecular weight is 389 g/mol. The molecule has 26 heavy (non-hydrogen) atoms. The average Bonchev–Trinajstić information content (AvgIpc) is 3.14. The third kappa shape index (κ3) is 3.50. The summed E-state index contributed by atoms with van der Waals surface area (Å²) in [6.45, 7) is 4.60. The monoisotopic (exact) mass is 388 g/mol. The molecule has 0 spiro atoms. The number of ether oxygens (including phenoxy) is 1. The van der Waals surface area contributed by atoms with Crippen molar-refractivity contribution in [3.8, 4) is 5.75 Å². The first-order chi connectivity index (χ1) is 12.7. The second-order valence-electron chi connectivity index (χ2n) is 6.98. The smallest absolute Gasteiger partial charge is 0.261 e. The van der Waals surface area contributed by atoms with E-state index in [0.29, 0.717) is 12.0 Å². The van der Waals surface area contributed by atoms with E-state index in [1.165, 1.54) is 25.9 Å². The van der Waals surface area contributed by atoms with Gasteiger partial charge in [-0.05, 0) is 63.0 Å². The van der Waals surface area contributed by atoms with Crippen LogP contribution in [0.2, 0.25) is 0 Å². The molecular weight excluding hydrogens is 364 g/mol. The standard InChI is InChI=1S/C20H24N2O2S2/c1-13-19(14-9-11-22(13)12-10-14)21-20(23)17-7-8-18(26-17)25-16-6-4-3-5-15(16)24-2/h3-8,13-14,19H,9-12H2,1-2H3,(H,21,23). The summed E-state index contributed by atoms with van der Waals surface area (Å²) in [7, 11) is 1.68. The molecular formula is C20H24N2O2S2. The molecule has 0 radical (unpaired) electrons.